The van der Waals surface area contributed by atoms with Crippen LogP contribution in [0.15, 0.2) is 22.7 Å². The third kappa shape index (κ3) is 2.24. The first-order valence-electron chi connectivity index (χ1n) is 3.97. The molecule has 0 bridgehead atoms. The van der Waals surface area contributed by atoms with Gasteiger partial charge >= 0.3 is 5.97 Å². The molecule has 0 heterocycles. The molecule has 4 nitrogen and oxygen atoms in total. The number of hydrogen-bond acceptors (Lipinski definition) is 3. The molecule has 0 spiro atoms. The molecule has 0 fully saturated rings. The van der Waals surface area contributed by atoms with E-state index in [1.807, 2.05) is 0 Å². The van der Waals surface area contributed by atoms with E-state index in [1.165, 1.54) is 6.07 Å². The van der Waals surface area contributed by atoms with Gasteiger partial charge in [0.2, 0.25) is 0 Å². The van der Waals surface area contributed by atoms with Crippen LogP contribution in [0.25, 0.3) is 0 Å². The van der Waals surface area contributed by atoms with Crippen LogP contribution in [0.1, 0.15) is 11.5 Å². The minimum atomic E-state index is -1.04. The molecular formula is C9H10BrNO3. The van der Waals surface area contributed by atoms with E-state index in [9.17, 15) is 9.90 Å². The second-order valence-electron chi connectivity index (χ2n) is 2.83. The highest BCUT2D eigenvalue weighted by Crippen LogP contribution is 2.28. The van der Waals surface area contributed by atoms with Crippen molar-refractivity contribution in [3.63, 3.8) is 0 Å². The molecule has 0 aliphatic rings. The number of phenols is 1. The highest BCUT2D eigenvalue weighted by atomic mass is 79.9. The van der Waals surface area contributed by atoms with E-state index in [0.29, 0.717) is 10.0 Å². The Bertz CT molecular complexity index is 354. The van der Waals surface area contributed by atoms with Gasteiger partial charge in [-0.15, -0.1) is 0 Å². The van der Waals surface area contributed by atoms with E-state index in [1.54, 1.807) is 12.1 Å². The average Bonchev–Trinajstić information content (AvgIpc) is 2.09. The summed E-state index contributed by atoms with van der Waals surface area (Å²) in [6.07, 6.45) is 0. The maximum absolute atomic E-state index is 10.8. The largest absolute Gasteiger partial charge is 0.508 e. The molecule has 0 saturated heterocycles. The van der Waals surface area contributed by atoms with Gasteiger partial charge in [-0.3, -0.25) is 4.79 Å². The van der Waals surface area contributed by atoms with Gasteiger partial charge in [-0.05, 0) is 12.1 Å². The Labute approximate surface area is 89.5 Å². The van der Waals surface area contributed by atoms with E-state index in [0.717, 1.165) is 0 Å². The maximum atomic E-state index is 10.8. The topological polar surface area (TPSA) is 83.6 Å². The van der Waals surface area contributed by atoms with Crippen molar-refractivity contribution < 1.29 is 15.0 Å². The third-order valence-corrected chi connectivity index (χ3v) is 2.39. The van der Waals surface area contributed by atoms with Crippen molar-refractivity contribution in [1.29, 1.82) is 0 Å². The minimum Gasteiger partial charge on any atom is -0.508 e. The lowest BCUT2D eigenvalue weighted by atomic mass is 9.99. The number of nitrogens with two attached hydrogens (primary N) is 1. The van der Waals surface area contributed by atoms with Gasteiger partial charge in [0.15, 0.2) is 0 Å². The van der Waals surface area contributed by atoms with Gasteiger partial charge in [0.05, 0.1) is 5.92 Å². The molecule has 0 aliphatic carbocycles. The zero-order chi connectivity index (χ0) is 10.7. The number of carbonyl (C=O) groups is 1. The van der Waals surface area contributed by atoms with Gasteiger partial charge in [-0.25, -0.2) is 0 Å². The number of carboxylic acids is 1. The van der Waals surface area contributed by atoms with Crippen LogP contribution < -0.4 is 5.73 Å². The molecule has 76 valence electrons. The molecule has 14 heavy (non-hydrogen) atoms. The van der Waals surface area contributed by atoms with Crippen LogP contribution in [0.3, 0.4) is 0 Å². The van der Waals surface area contributed by atoms with Gasteiger partial charge in [0, 0.05) is 16.6 Å². The summed E-state index contributed by atoms with van der Waals surface area (Å²) in [6.45, 7) is -0.0372. The maximum Gasteiger partial charge on any atom is 0.312 e. The SMILES string of the molecule is NCC(C(=O)O)c1ccc(Br)cc1O. The van der Waals surface area contributed by atoms with E-state index in [2.05, 4.69) is 15.9 Å². The summed E-state index contributed by atoms with van der Waals surface area (Å²) in [5.41, 5.74) is 5.65. The van der Waals surface area contributed by atoms with Crippen molar-refractivity contribution in [3.05, 3.63) is 28.2 Å². The molecule has 1 aromatic carbocycles. The monoisotopic (exact) mass is 259 g/mol. The number of rotatable bonds is 3. The predicted molar refractivity (Wildman–Crippen MR) is 55.2 cm³/mol. The van der Waals surface area contributed by atoms with Crippen LogP contribution in [0.2, 0.25) is 0 Å². The molecule has 0 amide bonds. The third-order valence-electron chi connectivity index (χ3n) is 1.90. The van der Waals surface area contributed by atoms with Crippen molar-refractivity contribution in [2.75, 3.05) is 6.54 Å². The number of halogens is 1. The lowest BCUT2D eigenvalue weighted by molar-refractivity contribution is -0.138. The molecule has 1 aromatic rings. The lowest BCUT2D eigenvalue weighted by Gasteiger charge is -2.11. The van der Waals surface area contributed by atoms with Gasteiger partial charge in [0.1, 0.15) is 5.75 Å². The molecule has 4 N–H and O–H groups in total. The Morgan fingerprint density at radius 1 is 1.57 bits per heavy atom. The average molecular weight is 260 g/mol. The summed E-state index contributed by atoms with van der Waals surface area (Å²) in [7, 11) is 0. The molecule has 5 heteroatoms. The zero-order valence-electron chi connectivity index (χ0n) is 7.27. The smallest absolute Gasteiger partial charge is 0.312 e. The van der Waals surface area contributed by atoms with Crippen LogP contribution in [-0.2, 0) is 4.79 Å². The zero-order valence-corrected chi connectivity index (χ0v) is 8.86. The quantitative estimate of drug-likeness (QED) is 0.764. The molecular weight excluding hydrogens is 250 g/mol. The van der Waals surface area contributed by atoms with Gasteiger partial charge in [-0.1, -0.05) is 22.0 Å². The van der Waals surface area contributed by atoms with Crippen molar-refractivity contribution >= 4 is 21.9 Å². The molecule has 0 aromatic heterocycles. The van der Waals surface area contributed by atoms with Crippen LogP contribution in [-0.4, -0.2) is 22.7 Å². The minimum absolute atomic E-state index is 0.0372. The first-order chi connectivity index (χ1) is 6.56. The number of aromatic hydroxyl groups is 1. The predicted octanol–water partition coefficient (Wildman–Crippen LogP) is 1.28. The summed E-state index contributed by atoms with van der Waals surface area (Å²) in [5.74, 6) is -1.95. The Morgan fingerprint density at radius 2 is 2.21 bits per heavy atom. The van der Waals surface area contributed by atoms with Crippen molar-refractivity contribution in [2.24, 2.45) is 5.73 Å². The first-order valence-corrected chi connectivity index (χ1v) is 4.77. The van der Waals surface area contributed by atoms with E-state index < -0.39 is 11.9 Å². The van der Waals surface area contributed by atoms with Crippen LogP contribution in [0.5, 0.6) is 5.75 Å². The van der Waals surface area contributed by atoms with E-state index in [4.69, 9.17) is 10.8 Å². The number of benzene rings is 1. The molecule has 0 radical (unpaired) electrons. The van der Waals surface area contributed by atoms with Crippen molar-refractivity contribution in [1.82, 2.24) is 0 Å². The summed E-state index contributed by atoms with van der Waals surface area (Å²) >= 11 is 3.17. The standard InChI is InChI=1S/C9H10BrNO3/c10-5-1-2-6(8(12)3-5)7(4-11)9(13)14/h1-3,7,12H,4,11H2,(H,13,14). The Balaban J connectivity index is 3.10. The highest BCUT2D eigenvalue weighted by Gasteiger charge is 2.20. The number of aliphatic carboxylic acids is 1. The molecule has 1 rings (SSSR count). The number of hydrogen-bond donors (Lipinski definition) is 3. The highest BCUT2D eigenvalue weighted by molar-refractivity contribution is 9.10. The van der Waals surface area contributed by atoms with E-state index >= 15 is 0 Å². The fourth-order valence-corrected chi connectivity index (χ4v) is 1.52. The van der Waals surface area contributed by atoms with Crippen LogP contribution in [0, 0.1) is 0 Å². The van der Waals surface area contributed by atoms with Gasteiger partial charge in [-0.2, -0.15) is 0 Å². The fraction of sp³-hybridized carbons (Fsp3) is 0.222. The van der Waals surface area contributed by atoms with Gasteiger partial charge < -0.3 is 15.9 Å². The molecule has 1 atom stereocenters. The van der Waals surface area contributed by atoms with Crippen LogP contribution in [0.4, 0.5) is 0 Å². The summed E-state index contributed by atoms with van der Waals surface area (Å²) < 4.78 is 0.694. The Kier molecular flexibility index (Phi) is 3.49. The number of phenolic OH excluding ortho intramolecular Hbond substituents is 1. The lowest BCUT2D eigenvalue weighted by Crippen LogP contribution is -2.21. The van der Waals surface area contributed by atoms with E-state index in [-0.39, 0.29) is 12.3 Å². The molecule has 0 saturated carbocycles. The van der Waals surface area contributed by atoms with Crippen molar-refractivity contribution in [3.8, 4) is 5.75 Å². The fourth-order valence-electron chi connectivity index (χ4n) is 1.17. The normalized spacial score (nSPS) is 12.4. The molecule has 0 aliphatic heterocycles. The van der Waals surface area contributed by atoms with Gasteiger partial charge in [0.25, 0.3) is 0 Å². The second-order valence-corrected chi connectivity index (χ2v) is 3.75. The summed E-state index contributed by atoms with van der Waals surface area (Å²) in [6, 6.07) is 4.66. The Hall–Kier alpha value is -1.07. The Morgan fingerprint density at radius 3 is 2.64 bits per heavy atom. The first kappa shape index (κ1) is 11.0. The summed E-state index contributed by atoms with van der Waals surface area (Å²) in [5, 5.41) is 18.3. The summed E-state index contributed by atoms with van der Waals surface area (Å²) in [4.78, 5) is 10.8. The van der Waals surface area contributed by atoms with Crippen molar-refractivity contribution in [2.45, 2.75) is 5.92 Å². The second kappa shape index (κ2) is 4.43. The molecule has 1 unspecified atom stereocenters. The number of carboxylic acid groups (broad SMARTS) is 1. The van der Waals surface area contributed by atoms with Crippen LogP contribution >= 0.6 is 15.9 Å².